The van der Waals surface area contributed by atoms with Crippen LogP contribution in [0.25, 0.3) is 0 Å². The summed E-state index contributed by atoms with van der Waals surface area (Å²) in [6.07, 6.45) is 5.33. The number of rotatable bonds is 4. The summed E-state index contributed by atoms with van der Waals surface area (Å²) in [6, 6.07) is 1.33. The van der Waals surface area contributed by atoms with Crippen molar-refractivity contribution >= 4 is 17.8 Å². The van der Waals surface area contributed by atoms with Crippen molar-refractivity contribution < 1.29 is 9.59 Å². The van der Waals surface area contributed by atoms with Gasteiger partial charge in [-0.3, -0.25) is 9.59 Å². The Morgan fingerprint density at radius 3 is 2.41 bits per heavy atom. The number of piperazine rings is 1. The van der Waals surface area contributed by atoms with E-state index in [1.807, 2.05) is 0 Å². The van der Waals surface area contributed by atoms with Gasteiger partial charge in [-0.15, -0.1) is 0 Å². The molecule has 1 unspecified atom stereocenters. The van der Waals surface area contributed by atoms with Crippen LogP contribution in [0.15, 0.2) is 18.5 Å². The zero-order valence-electron chi connectivity index (χ0n) is 12.7. The normalized spacial score (nSPS) is 19.7. The summed E-state index contributed by atoms with van der Waals surface area (Å²) < 4.78 is 0. The first-order chi connectivity index (χ1) is 10.6. The predicted octanol–water partition coefficient (Wildman–Crippen LogP) is 0.0399. The molecule has 0 aromatic carbocycles. The van der Waals surface area contributed by atoms with E-state index in [4.69, 9.17) is 0 Å². The topological polar surface area (TPSA) is 78.4 Å². The van der Waals surface area contributed by atoms with Crippen LogP contribution in [-0.2, 0) is 9.59 Å². The molecule has 1 N–H and O–H groups in total. The molecule has 1 aliphatic carbocycles. The summed E-state index contributed by atoms with van der Waals surface area (Å²) >= 11 is 0. The molecule has 1 aromatic rings. The van der Waals surface area contributed by atoms with Crippen molar-refractivity contribution in [1.29, 1.82) is 0 Å². The van der Waals surface area contributed by atoms with Gasteiger partial charge in [0.05, 0.1) is 0 Å². The predicted molar refractivity (Wildman–Crippen MR) is 81.2 cm³/mol. The Morgan fingerprint density at radius 1 is 1.18 bits per heavy atom. The highest BCUT2D eigenvalue weighted by molar-refractivity contribution is 5.89. The lowest BCUT2D eigenvalue weighted by Gasteiger charge is -2.35. The van der Waals surface area contributed by atoms with Gasteiger partial charge in [0.25, 0.3) is 0 Å². The second kappa shape index (κ2) is 6.29. The van der Waals surface area contributed by atoms with Crippen LogP contribution in [0.4, 0.5) is 5.95 Å². The number of amides is 2. The van der Waals surface area contributed by atoms with Crippen molar-refractivity contribution in [1.82, 2.24) is 20.2 Å². The molecule has 0 bridgehead atoms. The molecule has 7 nitrogen and oxygen atoms in total. The minimum atomic E-state index is -0.451. The summed E-state index contributed by atoms with van der Waals surface area (Å²) in [5, 5.41) is 2.81. The number of carbonyl (C=O) groups is 2. The van der Waals surface area contributed by atoms with Crippen molar-refractivity contribution in [2.24, 2.45) is 5.92 Å². The molecule has 2 heterocycles. The SMILES string of the molecule is CC(NC(=O)C1CC1)C(=O)N1CCN(c2ncccn2)CC1. The quantitative estimate of drug-likeness (QED) is 0.850. The first-order valence-electron chi connectivity index (χ1n) is 7.76. The third kappa shape index (κ3) is 3.35. The first kappa shape index (κ1) is 14.7. The number of carbonyl (C=O) groups excluding carboxylic acids is 2. The van der Waals surface area contributed by atoms with E-state index in [1.54, 1.807) is 30.3 Å². The second-order valence-corrected chi connectivity index (χ2v) is 5.87. The molecule has 0 radical (unpaired) electrons. The average molecular weight is 303 g/mol. The lowest BCUT2D eigenvalue weighted by molar-refractivity contribution is -0.136. The Kier molecular flexibility index (Phi) is 4.22. The molecule has 2 aliphatic rings. The van der Waals surface area contributed by atoms with E-state index in [1.165, 1.54) is 0 Å². The Morgan fingerprint density at radius 2 is 1.82 bits per heavy atom. The molecular weight excluding hydrogens is 282 g/mol. The summed E-state index contributed by atoms with van der Waals surface area (Å²) in [5.74, 6) is 0.826. The van der Waals surface area contributed by atoms with Crippen molar-refractivity contribution in [2.45, 2.75) is 25.8 Å². The van der Waals surface area contributed by atoms with Crippen LogP contribution >= 0.6 is 0 Å². The molecular formula is C15H21N5O2. The van der Waals surface area contributed by atoms with Gasteiger partial charge in [-0.2, -0.15) is 0 Å². The number of anilines is 1. The van der Waals surface area contributed by atoms with Crippen molar-refractivity contribution in [3.05, 3.63) is 18.5 Å². The molecule has 2 amide bonds. The maximum Gasteiger partial charge on any atom is 0.244 e. The van der Waals surface area contributed by atoms with Gasteiger partial charge in [-0.25, -0.2) is 9.97 Å². The van der Waals surface area contributed by atoms with E-state index in [0.29, 0.717) is 32.1 Å². The van der Waals surface area contributed by atoms with E-state index in [2.05, 4.69) is 20.2 Å². The zero-order chi connectivity index (χ0) is 15.5. The van der Waals surface area contributed by atoms with E-state index >= 15 is 0 Å². The van der Waals surface area contributed by atoms with Crippen LogP contribution in [0.3, 0.4) is 0 Å². The van der Waals surface area contributed by atoms with Crippen LogP contribution in [0.5, 0.6) is 0 Å². The Balaban J connectivity index is 1.50. The van der Waals surface area contributed by atoms with Crippen LogP contribution in [-0.4, -0.2) is 58.9 Å². The third-order valence-corrected chi connectivity index (χ3v) is 4.10. The van der Waals surface area contributed by atoms with Gasteiger partial charge >= 0.3 is 0 Å². The molecule has 118 valence electrons. The average Bonchev–Trinajstić information content (AvgIpc) is 3.40. The number of nitrogens with zero attached hydrogens (tertiary/aromatic N) is 4. The van der Waals surface area contributed by atoms with Gasteiger partial charge in [0.15, 0.2) is 0 Å². The number of hydrogen-bond acceptors (Lipinski definition) is 5. The molecule has 1 atom stereocenters. The van der Waals surface area contributed by atoms with E-state index in [0.717, 1.165) is 12.8 Å². The molecule has 1 saturated carbocycles. The maximum atomic E-state index is 12.4. The third-order valence-electron chi connectivity index (χ3n) is 4.10. The molecule has 1 aromatic heterocycles. The number of nitrogens with one attached hydrogen (secondary N) is 1. The van der Waals surface area contributed by atoms with Crippen LogP contribution < -0.4 is 10.2 Å². The summed E-state index contributed by atoms with van der Waals surface area (Å²) in [7, 11) is 0. The minimum absolute atomic E-state index is 0.0113. The smallest absolute Gasteiger partial charge is 0.244 e. The maximum absolute atomic E-state index is 12.4. The van der Waals surface area contributed by atoms with Crippen LogP contribution in [0.1, 0.15) is 19.8 Å². The van der Waals surface area contributed by atoms with Gasteiger partial charge in [-0.1, -0.05) is 0 Å². The molecule has 2 fully saturated rings. The summed E-state index contributed by atoms with van der Waals surface area (Å²) in [4.78, 5) is 36.4. The Labute approximate surface area is 129 Å². The van der Waals surface area contributed by atoms with Gasteiger partial charge in [0.2, 0.25) is 17.8 Å². The fraction of sp³-hybridized carbons (Fsp3) is 0.600. The van der Waals surface area contributed by atoms with Crippen molar-refractivity contribution in [2.75, 3.05) is 31.1 Å². The van der Waals surface area contributed by atoms with Crippen LogP contribution in [0, 0.1) is 5.92 Å². The monoisotopic (exact) mass is 303 g/mol. The molecule has 1 saturated heterocycles. The summed E-state index contributed by atoms with van der Waals surface area (Å²) in [6.45, 7) is 4.43. The Hall–Kier alpha value is -2.18. The molecule has 0 spiro atoms. The molecule has 7 heteroatoms. The van der Waals surface area contributed by atoms with Gasteiger partial charge < -0.3 is 15.1 Å². The number of hydrogen-bond donors (Lipinski definition) is 1. The molecule has 3 rings (SSSR count). The highest BCUT2D eigenvalue weighted by atomic mass is 16.2. The first-order valence-corrected chi connectivity index (χ1v) is 7.76. The van der Waals surface area contributed by atoms with Crippen molar-refractivity contribution in [3.63, 3.8) is 0 Å². The second-order valence-electron chi connectivity index (χ2n) is 5.87. The highest BCUT2D eigenvalue weighted by Crippen LogP contribution is 2.28. The lowest BCUT2D eigenvalue weighted by Crippen LogP contribution is -2.54. The van der Waals surface area contributed by atoms with Gasteiger partial charge in [0.1, 0.15) is 6.04 Å². The van der Waals surface area contributed by atoms with Gasteiger partial charge in [-0.05, 0) is 25.8 Å². The van der Waals surface area contributed by atoms with Gasteiger partial charge in [0, 0.05) is 44.5 Å². The Bertz CT molecular complexity index is 538. The van der Waals surface area contributed by atoms with Crippen molar-refractivity contribution in [3.8, 4) is 0 Å². The molecule has 1 aliphatic heterocycles. The number of aromatic nitrogens is 2. The standard InChI is InChI=1S/C15H21N5O2/c1-11(18-13(21)12-3-4-12)14(22)19-7-9-20(10-8-19)15-16-5-2-6-17-15/h2,5-6,11-12H,3-4,7-10H2,1H3,(H,18,21). The fourth-order valence-corrected chi connectivity index (χ4v) is 2.59. The fourth-order valence-electron chi connectivity index (χ4n) is 2.59. The molecule has 22 heavy (non-hydrogen) atoms. The highest BCUT2D eigenvalue weighted by Gasteiger charge is 2.33. The minimum Gasteiger partial charge on any atom is -0.344 e. The van der Waals surface area contributed by atoms with E-state index in [-0.39, 0.29) is 17.7 Å². The van der Waals surface area contributed by atoms with Crippen LogP contribution in [0.2, 0.25) is 0 Å². The largest absolute Gasteiger partial charge is 0.344 e. The zero-order valence-corrected chi connectivity index (χ0v) is 12.7. The lowest BCUT2D eigenvalue weighted by atomic mass is 10.2. The summed E-state index contributed by atoms with van der Waals surface area (Å²) in [5.41, 5.74) is 0. The van der Waals surface area contributed by atoms with E-state index in [9.17, 15) is 9.59 Å². The van der Waals surface area contributed by atoms with E-state index < -0.39 is 6.04 Å².